The molecule has 0 saturated carbocycles. The lowest BCUT2D eigenvalue weighted by Crippen LogP contribution is -2.10. The summed E-state index contributed by atoms with van der Waals surface area (Å²) in [5.41, 5.74) is 0. The van der Waals surface area contributed by atoms with Crippen LogP contribution >= 0.6 is 0 Å². The molecular formula is C7H15NO3Si. The molecule has 0 aliphatic heterocycles. The zero-order valence-electron chi connectivity index (χ0n) is 7.49. The molecule has 0 heterocycles. The van der Waals surface area contributed by atoms with Gasteiger partial charge in [0.25, 0.3) is 0 Å². The average Bonchev–Trinajstić information content (AvgIpc) is 1.98. The maximum atomic E-state index is 9.68. The molecule has 0 rings (SSSR count). The molecule has 1 unspecified atom stereocenters. The highest BCUT2D eigenvalue weighted by atomic mass is 28.3. The molecule has 0 aromatic heterocycles. The van der Waals surface area contributed by atoms with Gasteiger partial charge in [-0.25, -0.2) is 4.79 Å². The number of nitrogens with zero attached hydrogens (tertiary/aromatic N) is 1. The smallest absolute Gasteiger partial charge is 0.237 e. The van der Waals surface area contributed by atoms with Gasteiger partial charge in [-0.05, 0) is 25.9 Å². The van der Waals surface area contributed by atoms with Gasteiger partial charge in [0.2, 0.25) is 6.08 Å². The lowest BCUT2D eigenvalue weighted by atomic mass is 10.3. The SMILES string of the molecule is C[SiH](C)OCCCC(O)N=C=O. The lowest BCUT2D eigenvalue weighted by Gasteiger charge is -2.06. The predicted octanol–water partition coefficient (Wildman–Crippen LogP) is 0.421. The van der Waals surface area contributed by atoms with E-state index in [1.54, 1.807) is 0 Å². The number of aliphatic hydroxyl groups excluding tert-OH is 1. The summed E-state index contributed by atoms with van der Waals surface area (Å²) in [6, 6.07) is 0. The number of aliphatic imine (C=N–C) groups is 1. The zero-order chi connectivity index (χ0) is 9.40. The summed E-state index contributed by atoms with van der Waals surface area (Å²) in [6.07, 6.45) is 1.61. The molecule has 1 atom stereocenters. The van der Waals surface area contributed by atoms with Crippen LogP contribution in [0.3, 0.4) is 0 Å². The Morgan fingerprint density at radius 2 is 2.33 bits per heavy atom. The van der Waals surface area contributed by atoms with E-state index >= 15 is 0 Å². The first kappa shape index (κ1) is 11.5. The van der Waals surface area contributed by atoms with Gasteiger partial charge in [-0.15, -0.1) is 0 Å². The number of hydrogen-bond acceptors (Lipinski definition) is 4. The maximum Gasteiger partial charge on any atom is 0.237 e. The van der Waals surface area contributed by atoms with Crippen molar-refractivity contribution in [2.45, 2.75) is 32.2 Å². The van der Waals surface area contributed by atoms with Gasteiger partial charge in [0.15, 0.2) is 15.3 Å². The highest BCUT2D eigenvalue weighted by Gasteiger charge is 2.00. The minimum absolute atomic E-state index is 0.469. The van der Waals surface area contributed by atoms with Crippen LogP contribution in [0, 0.1) is 0 Å². The van der Waals surface area contributed by atoms with Crippen LogP contribution < -0.4 is 0 Å². The van der Waals surface area contributed by atoms with Gasteiger partial charge in [0.1, 0.15) is 0 Å². The summed E-state index contributed by atoms with van der Waals surface area (Å²) >= 11 is 0. The Labute approximate surface area is 74.0 Å². The Bertz CT molecular complexity index is 157. The number of aliphatic hydroxyl groups is 1. The van der Waals surface area contributed by atoms with Gasteiger partial charge in [-0.3, -0.25) is 0 Å². The van der Waals surface area contributed by atoms with Crippen molar-refractivity contribution in [3.05, 3.63) is 0 Å². The molecule has 0 amide bonds. The van der Waals surface area contributed by atoms with Crippen LogP contribution in [0.25, 0.3) is 0 Å². The summed E-state index contributed by atoms with van der Waals surface area (Å²) in [6.45, 7) is 4.81. The van der Waals surface area contributed by atoms with Crippen molar-refractivity contribution in [1.29, 1.82) is 0 Å². The fourth-order valence-corrected chi connectivity index (χ4v) is 1.35. The molecule has 0 aromatic rings. The Morgan fingerprint density at radius 3 is 2.83 bits per heavy atom. The second-order valence-corrected chi connectivity index (χ2v) is 5.19. The predicted molar refractivity (Wildman–Crippen MR) is 48.2 cm³/mol. The Hall–Kier alpha value is -0.483. The number of hydrogen-bond donors (Lipinski definition) is 1. The molecule has 0 fully saturated rings. The normalized spacial score (nSPS) is 12.7. The van der Waals surface area contributed by atoms with E-state index in [1.165, 1.54) is 6.08 Å². The first-order chi connectivity index (χ1) is 5.66. The highest BCUT2D eigenvalue weighted by Crippen LogP contribution is 1.98. The second kappa shape index (κ2) is 7.18. The van der Waals surface area contributed by atoms with Crippen LogP contribution in [-0.4, -0.2) is 33.1 Å². The number of rotatable bonds is 6. The minimum Gasteiger partial charge on any atom is -0.421 e. The Kier molecular flexibility index (Phi) is 6.89. The largest absolute Gasteiger partial charge is 0.421 e. The number of carbonyl (C=O) groups excluding carboxylic acids is 1. The van der Waals surface area contributed by atoms with Crippen LogP contribution in [0.2, 0.25) is 13.1 Å². The molecule has 5 heteroatoms. The van der Waals surface area contributed by atoms with E-state index in [2.05, 4.69) is 18.1 Å². The zero-order valence-corrected chi connectivity index (χ0v) is 8.64. The third-order valence-electron chi connectivity index (χ3n) is 1.26. The average molecular weight is 189 g/mol. The molecule has 4 nitrogen and oxygen atoms in total. The molecule has 0 aromatic carbocycles. The van der Waals surface area contributed by atoms with Crippen LogP contribution in [0.4, 0.5) is 0 Å². The topological polar surface area (TPSA) is 58.9 Å². The summed E-state index contributed by atoms with van der Waals surface area (Å²) in [5, 5.41) is 8.94. The molecule has 0 aliphatic rings. The second-order valence-electron chi connectivity index (χ2n) is 2.76. The molecule has 0 bridgehead atoms. The third kappa shape index (κ3) is 7.62. The van der Waals surface area contributed by atoms with Gasteiger partial charge in [0.05, 0.1) is 0 Å². The van der Waals surface area contributed by atoms with Crippen molar-refractivity contribution < 1.29 is 14.3 Å². The maximum absolute atomic E-state index is 9.68. The van der Waals surface area contributed by atoms with Gasteiger partial charge >= 0.3 is 0 Å². The van der Waals surface area contributed by atoms with Gasteiger partial charge in [-0.1, -0.05) is 0 Å². The van der Waals surface area contributed by atoms with E-state index in [0.29, 0.717) is 13.0 Å². The molecule has 12 heavy (non-hydrogen) atoms. The van der Waals surface area contributed by atoms with Crippen LogP contribution in [0.5, 0.6) is 0 Å². The van der Waals surface area contributed by atoms with Crippen LogP contribution in [0.15, 0.2) is 4.99 Å². The van der Waals surface area contributed by atoms with Crippen molar-refractivity contribution in [3.63, 3.8) is 0 Å². The van der Waals surface area contributed by atoms with Crippen molar-refractivity contribution in [2.75, 3.05) is 6.61 Å². The van der Waals surface area contributed by atoms with E-state index in [0.717, 1.165) is 6.42 Å². The summed E-state index contributed by atoms with van der Waals surface area (Å²) < 4.78 is 5.36. The van der Waals surface area contributed by atoms with E-state index < -0.39 is 15.3 Å². The lowest BCUT2D eigenvalue weighted by molar-refractivity contribution is 0.161. The van der Waals surface area contributed by atoms with Crippen molar-refractivity contribution in [3.8, 4) is 0 Å². The summed E-state index contributed by atoms with van der Waals surface area (Å²) in [4.78, 5) is 12.8. The van der Waals surface area contributed by atoms with Crippen molar-refractivity contribution in [1.82, 2.24) is 0 Å². The first-order valence-corrected chi connectivity index (χ1v) is 6.81. The van der Waals surface area contributed by atoms with Crippen molar-refractivity contribution in [2.24, 2.45) is 4.99 Å². The van der Waals surface area contributed by atoms with Gasteiger partial charge < -0.3 is 9.53 Å². The third-order valence-corrected chi connectivity index (χ3v) is 2.16. The van der Waals surface area contributed by atoms with Crippen LogP contribution in [0.1, 0.15) is 12.8 Å². The first-order valence-electron chi connectivity index (χ1n) is 4.03. The standard InChI is InChI=1S/C7H15NO3Si/c1-12(2)11-5-3-4-7(10)8-6-9/h7,10,12H,3-5H2,1-2H3. The summed E-state index contributed by atoms with van der Waals surface area (Å²) in [7, 11) is -0.939. The van der Waals surface area contributed by atoms with E-state index in [9.17, 15) is 4.79 Å². The van der Waals surface area contributed by atoms with Crippen molar-refractivity contribution >= 4 is 15.1 Å². The molecule has 70 valence electrons. The molecule has 1 N–H and O–H groups in total. The minimum atomic E-state index is -0.939. The molecule has 0 radical (unpaired) electrons. The fourth-order valence-electron chi connectivity index (χ4n) is 0.710. The molecular weight excluding hydrogens is 174 g/mol. The fraction of sp³-hybridized carbons (Fsp3) is 0.857. The monoisotopic (exact) mass is 189 g/mol. The van der Waals surface area contributed by atoms with E-state index in [4.69, 9.17) is 9.53 Å². The van der Waals surface area contributed by atoms with Gasteiger partial charge in [-0.2, -0.15) is 4.99 Å². The highest BCUT2D eigenvalue weighted by molar-refractivity contribution is 6.48. The number of isocyanates is 1. The Balaban J connectivity index is 3.25. The quantitative estimate of drug-likeness (QED) is 0.285. The van der Waals surface area contributed by atoms with E-state index in [-0.39, 0.29) is 0 Å². The van der Waals surface area contributed by atoms with Gasteiger partial charge in [0, 0.05) is 6.61 Å². The molecule has 0 aliphatic carbocycles. The summed E-state index contributed by atoms with van der Waals surface area (Å²) in [5.74, 6) is 0. The Morgan fingerprint density at radius 1 is 1.67 bits per heavy atom. The molecule has 0 saturated heterocycles. The van der Waals surface area contributed by atoms with Crippen LogP contribution in [-0.2, 0) is 9.22 Å². The molecule has 0 spiro atoms. The van der Waals surface area contributed by atoms with E-state index in [1.807, 2.05) is 0 Å².